The Hall–Kier alpha value is -0.640. The molecule has 4 fully saturated rings. The molecule has 4 saturated carbocycles. The first-order valence-electron chi connectivity index (χ1n) is 8.16. The van der Waals surface area contributed by atoms with Crippen LogP contribution >= 0.6 is 15.9 Å². The van der Waals surface area contributed by atoms with Gasteiger partial charge in [-0.3, -0.25) is 0 Å². The summed E-state index contributed by atoms with van der Waals surface area (Å²) in [4.78, 5) is 9.08. The van der Waals surface area contributed by atoms with Crippen LogP contribution in [0.4, 0.5) is 0 Å². The molecule has 1 atom stereocenters. The van der Waals surface area contributed by atoms with Gasteiger partial charge in [-0.05, 0) is 61.7 Å². The first-order valence-corrected chi connectivity index (χ1v) is 9.07. The van der Waals surface area contributed by atoms with E-state index in [1.807, 2.05) is 6.07 Å². The fourth-order valence-corrected chi connectivity index (χ4v) is 6.45. The van der Waals surface area contributed by atoms with E-state index in [4.69, 9.17) is 4.74 Å². The van der Waals surface area contributed by atoms with Gasteiger partial charge in [0, 0.05) is 23.0 Å². The minimum Gasteiger partial charge on any atom is -0.481 e. The van der Waals surface area contributed by atoms with Crippen molar-refractivity contribution in [2.45, 2.75) is 49.8 Å². The maximum absolute atomic E-state index is 5.22. The van der Waals surface area contributed by atoms with E-state index in [1.54, 1.807) is 13.4 Å². The van der Waals surface area contributed by atoms with Crippen molar-refractivity contribution < 1.29 is 4.74 Å². The van der Waals surface area contributed by atoms with Crippen LogP contribution in [-0.2, 0) is 6.42 Å². The quantitative estimate of drug-likeness (QED) is 0.769. The van der Waals surface area contributed by atoms with Crippen molar-refractivity contribution in [2.24, 2.45) is 23.2 Å². The molecule has 21 heavy (non-hydrogen) atoms. The van der Waals surface area contributed by atoms with Crippen LogP contribution in [0.3, 0.4) is 0 Å². The first-order chi connectivity index (χ1) is 10.2. The molecule has 4 bridgehead atoms. The lowest BCUT2D eigenvalue weighted by molar-refractivity contribution is -0.0523. The number of aromatic nitrogens is 2. The molecule has 0 radical (unpaired) electrons. The van der Waals surface area contributed by atoms with Gasteiger partial charge >= 0.3 is 0 Å². The van der Waals surface area contributed by atoms with Crippen molar-refractivity contribution >= 4 is 15.9 Å². The standard InChI is InChI=1S/C17H23BrN2O/c1-21-16-6-14(19-10-20-16)5-15(18)17-7-11-2-12(8-17)4-13(3-11)9-17/h6,10-13,15H,2-5,7-9H2,1H3. The molecule has 0 aliphatic heterocycles. The van der Waals surface area contributed by atoms with E-state index in [0.717, 1.165) is 29.9 Å². The number of halogens is 1. The zero-order valence-corrected chi connectivity index (χ0v) is 14.2. The van der Waals surface area contributed by atoms with Crippen LogP contribution < -0.4 is 4.74 Å². The van der Waals surface area contributed by atoms with E-state index in [2.05, 4.69) is 25.9 Å². The molecule has 0 saturated heterocycles. The molecule has 5 rings (SSSR count). The molecule has 114 valence electrons. The van der Waals surface area contributed by atoms with Crippen LogP contribution in [-0.4, -0.2) is 21.9 Å². The average Bonchev–Trinajstić information content (AvgIpc) is 2.46. The molecule has 1 heterocycles. The highest BCUT2D eigenvalue weighted by Crippen LogP contribution is 2.62. The summed E-state index contributed by atoms with van der Waals surface area (Å²) in [6.07, 6.45) is 11.4. The molecule has 0 amide bonds. The van der Waals surface area contributed by atoms with Crippen LogP contribution in [0.1, 0.15) is 44.2 Å². The van der Waals surface area contributed by atoms with Crippen molar-refractivity contribution in [1.29, 1.82) is 0 Å². The van der Waals surface area contributed by atoms with Crippen LogP contribution in [0.2, 0.25) is 0 Å². The molecule has 1 unspecified atom stereocenters. The highest BCUT2D eigenvalue weighted by Gasteiger charge is 2.53. The van der Waals surface area contributed by atoms with Gasteiger partial charge in [0.15, 0.2) is 0 Å². The zero-order chi connectivity index (χ0) is 14.4. The Kier molecular flexibility index (Phi) is 3.48. The molecule has 4 aliphatic rings. The van der Waals surface area contributed by atoms with Crippen molar-refractivity contribution in [3.63, 3.8) is 0 Å². The van der Waals surface area contributed by atoms with Gasteiger partial charge in [0.25, 0.3) is 0 Å². The summed E-state index contributed by atoms with van der Waals surface area (Å²) in [5, 5.41) is 0. The van der Waals surface area contributed by atoms with Crippen LogP contribution in [0.15, 0.2) is 12.4 Å². The molecule has 1 aromatic rings. The fourth-order valence-electron chi connectivity index (χ4n) is 5.56. The Labute approximate surface area is 135 Å². The minimum atomic E-state index is 0.521. The second kappa shape index (κ2) is 5.22. The van der Waals surface area contributed by atoms with E-state index in [-0.39, 0.29) is 0 Å². The largest absolute Gasteiger partial charge is 0.481 e. The molecule has 1 aromatic heterocycles. The summed E-state index contributed by atoms with van der Waals surface area (Å²) in [6, 6.07) is 1.98. The second-order valence-corrected chi connectivity index (χ2v) is 8.61. The van der Waals surface area contributed by atoms with Crippen molar-refractivity contribution in [3.05, 3.63) is 18.1 Å². The summed E-state index contributed by atoms with van der Waals surface area (Å²) >= 11 is 4.05. The summed E-state index contributed by atoms with van der Waals surface area (Å²) in [6.45, 7) is 0. The normalized spacial score (nSPS) is 38.5. The number of rotatable bonds is 4. The molecule has 0 N–H and O–H groups in total. The van der Waals surface area contributed by atoms with E-state index in [0.29, 0.717) is 16.1 Å². The zero-order valence-electron chi connectivity index (χ0n) is 12.6. The smallest absolute Gasteiger partial charge is 0.216 e. The highest BCUT2D eigenvalue weighted by molar-refractivity contribution is 9.09. The van der Waals surface area contributed by atoms with Gasteiger partial charge in [-0.1, -0.05) is 15.9 Å². The molecular weight excluding hydrogens is 328 g/mol. The number of ether oxygens (including phenoxy) is 1. The van der Waals surface area contributed by atoms with Gasteiger partial charge in [-0.15, -0.1) is 0 Å². The predicted octanol–water partition coefficient (Wildman–Crippen LogP) is 4.01. The Bertz CT molecular complexity index is 498. The van der Waals surface area contributed by atoms with Crippen molar-refractivity contribution in [2.75, 3.05) is 7.11 Å². The number of hydrogen-bond donors (Lipinski definition) is 0. The summed E-state index contributed by atoms with van der Waals surface area (Å²) < 4.78 is 5.22. The predicted molar refractivity (Wildman–Crippen MR) is 85.6 cm³/mol. The Balaban J connectivity index is 1.53. The van der Waals surface area contributed by atoms with Gasteiger partial charge in [0.1, 0.15) is 6.33 Å². The lowest BCUT2D eigenvalue weighted by Gasteiger charge is -2.58. The van der Waals surface area contributed by atoms with Gasteiger partial charge in [-0.2, -0.15) is 0 Å². The van der Waals surface area contributed by atoms with Gasteiger partial charge < -0.3 is 4.74 Å². The average molecular weight is 351 g/mol. The fraction of sp³-hybridized carbons (Fsp3) is 0.765. The van der Waals surface area contributed by atoms with Gasteiger partial charge in [0.2, 0.25) is 5.88 Å². The van der Waals surface area contributed by atoms with Crippen molar-refractivity contribution in [1.82, 2.24) is 9.97 Å². The molecule has 3 nitrogen and oxygen atoms in total. The Morgan fingerprint density at radius 3 is 2.38 bits per heavy atom. The van der Waals surface area contributed by atoms with Crippen LogP contribution in [0.5, 0.6) is 5.88 Å². The number of hydrogen-bond acceptors (Lipinski definition) is 3. The summed E-state index contributed by atoms with van der Waals surface area (Å²) in [5.41, 5.74) is 1.62. The van der Waals surface area contributed by atoms with Crippen LogP contribution in [0.25, 0.3) is 0 Å². The maximum atomic E-state index is 5.22. The number of alkyl halides is 1. The van der Waals surface area contributed by atoms with Gasteiger partial charge in [-0.25, -0.2) is 9.97 Å². The molecule has 0 aromatic carbocycles. The number of methoxy groups -OCH3 is 1. The first kappa shape index (κ1) is 14.0. The summed E-state index contributed by atoms with van der Waals surface area (Å²) in [7, 11) is 1.66. The Morgan fingerprint density at radius 2 is 1.81 bits per heavy atom. The lowest BCUT2D eigenvalue weighted by atomic mass is 9.48. The topological polar surface area (TPSA) is 35.0 Å². The van der Waals surface area contributed by atoms with Gasteiger partial charge in [0.05, 0.1) is 7.11 Å². The third-order valence-electron chi connectivity index (χ3n) is 6.05. The molecule has 4 aliphatic carbocycles. The van der Waals surface area contributed by atoms with Crippen LogP contribution in [0, 0.1) is 23.2 Å². The van der Waals surface area contributed by atoms with E-state index in [1.165, 1.54) is 38.5 Å². The number of nitrogens with zero attached hydrogens (tertiary/aromatic N) is 2. The molecule has 4 heteroatoms. The summed E-state index contributed by atoms with van der Waals surface area (Å²) in [5.74, 6) is 3.66. The SMILES string of the molecule is COc1cc(CC(Br)C23CC4CC(CC(C4)C2)C3)ncn1. The third kappa shape index (κ3) is 2.49. The second-order valence-electron chi connectivity index (χ2n) is 7.50. The monoisotopic (exact) mass is 350 g/mol. The lowest BCUT2D eigenvalue weighted by Crippen LogP contribution is -2.50. The third-order valence-corrected chi connectivity index (χ3v) is 7.34. The van der Waals surface area contributed by atoms with E-state index < -0.39 is 0 Å². The maximum Gasteiger partial charge on any atom is 0.216 e. The molecule has 0 spiro atoms. The minimum absolute atomic E-state index is 0.521. The Morgan fingerprint density at radius 1 is 1.19 bits per heavy atom. The van der Waals surface area contributed by atoms with E-state index in [9.17, 15) is 0 Å². The van der Waals surface area contributed by atoms with Crippen molar-refractivity contribution in [3.8, 4) is 5.88 Å². The molecular formula is C17H23BrN2O. The highest BCUT2D eigenvalue weighted by atomic mass is 79.9. The van der Waals surface area contributed by atoms with E-state index >= 15 is 0 Å².